The molecule has 12 heteroatoms. The molecular weight excluding hydrogens is 518 g/mol. The van der Waals surface area contributed by atoms with Crippen molar-refractivity contribution in [1.29, 1.82) is 0 Å². The van der Waals surface area contributed by atoms with Crippen molar-refractivity contribution in [3.05, 3.63) is 48.0 Å². The molecule has 3 aromatic rings. The number of esters is 2. The van der Waals surface area contributed by atoms with Crippen molar-refractivity contribution in [2.75, 3.05) is 32.7 Å². The molecule has 40 heavy (non-hydrogen) atoms. The van der Waals surface area contributed by atoms with E-state index in [4.69, 9.17) is 31.1 Å². The highest BCUT2D eigenvalue weighted by molar-refractivity contribution is 6.04. The Labute approximate surface area is 232 Å². The average molecular weight is 554 g/mol. The summed E-state index contributed by atoms with van der Waals surface area (Å²) in [6, 6.07) is 8.94. The zero-order valence-electron chi connectivity index (χ0n) is 23.1. The minimum atomic E-state index is -2.08. The Hall–Kier alpha value is -4.05. The lowest BCUT2D eigenvalue weighted by molar-refractivity contribution is -0.195. The van der Waals surface area contributed by atoms with E-state index in [-0.39, 0.29) is 44.4 Å². The quantitative estimate of drug-likeness (QED) is 0.170. The van der Waals surface area contributed by atoms with Gasteiger partial charge < -0.3 is 34.4 Å². The molecule has 0 aliphatic heterocycles. The monoisotopic (exact) mass is 553 g/mol. The molecule has 0 spiro atoms. The minimum Gasteiger partial charge on any atom is -0.463 e. The van der Waals surface area contributed by atoms with Gasteiger partial charge in [0.15, 0.2) is 17.3 Å². The number of methoxy groups -OCH3 is 1. The third-order valence-corrected chi connectivity index (χ3v) is 6.24. The van der Waals surface area contributed by atoms with Gasteiger partial charge in [0.1, 0.15) is 11.6 Å². The Morgan fingerprint density at radius 2 is 1.80 bits per heavy atom. The predicted octanol–water partition coefficient (Wildman–Crippen LogP) is 1.85. The summed E-state index contributed by atoms with van der Waals surface area (Å²) >= 11 is 0. The summed E-state index contributed by atoms with van der Waals surface area (Å²) in [4.78, 5) is 39.3. The smallest absolute Gasteiger partial charge is 0.350 e. The molecule has 0 saturated heterocycles. The number of nitrogens with two attached hydrogens (primary N) is 1. The van der Waals surface area contributed by atoms with Gasteiger partial charge >= 0.3 is 11.9 Å². The number of aromatic nitrogens is 4. The van der Waals surface area contributed by atoms with E-state index in [0.717, 1.165) is 0 Å². The molecule has 2 heterocycles. The van der Waals surface area contributed by atoms with E-state index in [9.17, 15) is 14.7 Å². The fourth-order valence-corrected chi connectivity index (χ4v) is 4.14. The average Bonchev–Trinajstić information content (AvgIpc) is 3.35. The van der Waals surface area contributed by atoms with Crippen LogP contribution < -0.4 is 5.73 Å². The lowest BCUT2D eigenvalue weighted by Crippen LogP contribution is -2.54. The van der Waals surface area contributed by atoms with Crippen molar-refractivity contribution in [2.45, 2.75) is 51.5 Å². The Kier molecular flexibility index (Phi) is 10.6. The van der Waals surface area contributed by atoms with Crippen LogP contribution >= 0.6 is 0 Å². The van der Waals surface area contributed by atoms with Crippen LogP contribution in [-0.4, -0.2) is 75.2 Å². The summed E-state index contributed by atoms with van der Waals surface area (Å²) in [6.07, 6.45) is 5.58. The molecule has 2 aromatic heterocycles. The van der Waals surface area contributed by atoms with E-state index >= 15 is 0 Å². The van der Waals surface area contributed by atoms with Crippen LogP contribution in [0.25, 0.3) is 11.2 Å². The molecule has 3 unspecified atom stereocenters. The molecule has 12 nitrogen and oxygen atoms in total. The highest BCUT2D eigenvalue weighted by atomic mass is 16.6. The number of rotatable bonds is 14. The first-order chi connectivity index (χ1) is 19.2. The summed E-state index contributed by atoms with van der Waals surface area (Å²) in [7, 11) is 1.45. The van der Waals surface area contributed by atoms with Crippen LogP contribution in [0.4, 0.5) is 5.82 Å². The number of benzene rings is 1. The van der Waals surface area contributed by atoms with Gasteiger partial charge in [0.25, 0.3) is 5.60 Å². The molecule has 0 aliphatic rings. The number of aliphatic hydroxyl groups excluding tert-OH is 1. The second kappa shape index (κ2) is 13.8. The highest BCUT2D eigenvalue weighted by Crippen LogP contribution is 2.26. The van der Waals surface area contributed by atoms with Gasteiger partial charge in [0.2, 0.25) is 0 Å². The van der Waals surface area contributed by atoms with Crippen molar-refractivity contribution in [3.8, 4) is 12.3 Å². The first kappa shape index (κ1) is 30.5. The number of nitrogens with zero attached hydrogens (tertiary/aromatic N) is 4. The molecule has 3 N–H and O–H groups in total. The maximum atomic E-state index is 13.3. The van der Waals surface area contributed by atoms with Gasteiger partial charge in [-0.15, -0.1) is 6.42 Å². The van der Waals surface area contributed by atoms with Crippen molar-refractivity contribution in [2.24, 2.45) is 5.92 Å². The number of terminal acetylenes is 1. The number of hydrogen-bond acceptors (Lipinski definition) is 11. The van der Waals surface area contributed by atoms with Crippen LogP contribution in [0.2, 0.25) is 0 Å². The van der Waals surface area contributed by atoms with E-state index in [2.05, 4.69) is 20.9 Å². The molecule has 0 saturated carbocycles. The van der Waals surface area contributed by atoms with Gasteiger partial charge in [-0.2, -0.15) is 0 Å². The molecule has 0 amide bonds. The Bertz CT molecular complexity index is 1320. The number of carbonyl (C=O) groups is 2. The van der Waals surface area contributed by atoms with Gasteiger partial charge in [-0.05, 0) is 26.3 Å². The summed E-state index contributed by atoms with van der Waals surface area (Å²) in [5.41, 5.74) is 5.34. The zero-order valence-corrected chi connectivity index (χ0v) is 23.1. The van der Waals surface area contributed by atoms with Crippen LogP contribution in [0.1, 0.15) is 38.3 Å². The molecule has 1 aromatic carbocycles. The van der Waals surface area contributed by atoms with Gasteiger partial charge in [-0.3, -0.25) is 0 Å². The third-order valence-electron chi connectivity index (χ3n) is 6.24. The SMILES string of the molecule is C#CC(Cn1cnc2c(N)nc(C(C)O)nc21)C(COC(Cc1ccccc1)(C(=O)OCC)C(=O)OCC)OC. The number of hydrogen-bond donors (Lipinski definition) is 2. The van der Waals surface area contributed by atoms with E-state index < -0.39 is 35.7 Å². The second-order valence-electron chi connectivity index (χ2n) is 9.00. The predicted molar refractivity (Wildman–Crippen MR) is 146 cm³/mol. The Balaban J connectivity index is 1.92. The number of aliphatic hydroxyl groups is 1. The molecular formula is C28H35N5O7. The summed E-state index contributed by atoms with van der Waals surface area (Å²) in [5, 5.41) is 9.95. The van der Waals surface area contributed by atoms with E-state index in [0.29, 0.717) is 16.7 Å². The van der Waals surface area contributed by atoms with E-state index in [1.165, 1.54) is 20.4 Å². The highest BCUT2D eigenvalue weighted by Gasteiger charge is 2.51. The van der Waals surface area contributed by atoms with Crippen LogP contribution in [0.5, 0.6) is 0 Å². The van der Waals surface area contributed by atoms with E-state index in [1.807, 2.05) is 6.07 Å². The summed E-state index contributed by atoms with van der Waals surface area (Å²) in [6.45, 7) is 4.80. The molecule has 0 bridgehead atoms. The van der Waals surface area contributed by atoms with Gasteiger partial charge in [0.05, 0.1) is 38.2 Å². The first-order valence-corrected chi connectivity index (χ1v) is 12.9. The largest absolute Gasteiger partial charge is 0.463 e. The fourth-order valence-electron chi connectivity index (χ4n) is 4.14. The maximum absolute atomic E-state index is 13.3. The van der Waals surface area contributed by atoms with Crippen molar-refractivity contribution in [1.82, 2.24) is 19.5 Å². The fraction of sp³-hybridized carbons (Fsp3) is 0.464. The lowest BCUT2D eigenvalue weighted by atomic mass is 9.93. The Morgan fingerprint density at radius 3 is 2.35 bits per heavy atom. The molecule has 3 rings (SSSR count). The zero-order chi connectivity index (χ0) is 29.3. The van der Waals surface area contributed by atoms with Gasteiger partial charge in [-0.1, -0.05) is 36.3 Å². The molecule has 214 valence electrons. The number of imidazole rings is 1. The number of carbonyl (C=O) groups excluding carboxylic acids is 2. The van der Waals surface area contributed by atoms with Crippen LogP contribution in [-0.2, 0) is 41.5 Å². The van der Waals surface area contributed by atoms with Gasteiger partial charge in [-0.25, -0.2) is 24.5 Å². The van der Waals surface area contributed by atoms with Crippen LogP contribution in [0.15, 0.2) is 36.7 Å². The second-order valence-corrected chi connectivity index (χ2v) is 9.00. The van der Waals surface area contributed by atoms with Crippen molar-refractivity contribution >= 4 is 28.9 Å². The minimum absolute atomic E-state index is 0.0337. The summed E-state index contributed by atoms with van der Waals surface area (Å²) < 4.78 is 24.0. The number of fused-ring (bicyclic) bond motifs is 1. The Morgan fingerprint density at radius 1 is 1.15 bits per heavy atom. The standard InChI is InChI=1S/C28H35N5O7/c1-6-20(15-33-17-30-22-23(29)31-24(18(4)34)32-25(22)33)21(37-5)16-40-28(26(35)38-7-2,27(36)39-8-3)14-19-12-10-9-11-13-19/h1,9-13,17-18,20-21,34H,7-8,14-16H2,2-5H3,(H2,29,31,32). The molecule has 0 fully saturated rings. The number of anilines is 1. The van der Waals surface area contributed by atoms with Crippen molar-refractivity contribution in [3.63, 3.8) is 0 Å². The maximum Gasteiger partial charge on any atom is 0.350 e. The van der Waals surface area contributed by atoms with Crippen LogP contribution in [0, 0.1) is 18.3 Å². The first-order valence-electron chi connectivity index (χ1n) is 12.9. The molecule has 0 aliphatic carbocycles. The molecule has 0 radical (unpaired) electrons. The van der Waals surface area contributed by atoms with Crippen molar-refractivity contribution < 1.29 is 33.6 Å². The number of nitrogen functional groups attached to an aromatic ring is 1. The third kappa shape index (κ3) is 6.74. The number of ether oxygens (including phenoxy) is 4. The summed E-state index contributed by atoms with van der Waals surface area (Å²) in [5.74, 6) is 0.597. The van der Waals surface area contributed by atoms with E-state index in [1.54, 1.807) is 42.7 Å². The topological polar surface area (TPSA) is 161 Å². The normalized spacial score (nSPS) is 13.8. The van der Waals surface area contributed by atoms with Gasteiger partial charge in [0, 0.05) is 20.1 Å². The lowest BCUT2D eigenvalue weighted by Gasteiger charge is -2.32. The van der Waals surface area contributed by atoms with Crippen LogP contribution in [0.3, 0.4) is 0 Å². The molecule has 3 atom stereocenters.